The first-order valence-electron chi connectivity index (χ1n) is 12.4. The summed E-state index contributed by atoms with van der Waals surface area (Å²) >= 11 is 11.9. The average Bonchev–Trinajstić information content (AvgIpc) is 2.92. The SMILES string of the molecule is CCN(C(=O)c1ccc(F)cc1Cl)c1cccc(C(=O)Cc2c(Cl)cc(C(F)(C(F)(F)F)C(F)(F)F)cc2OC(F)F)c1OC. The number of hydrogen-bond donors (Lipinski definition) is 0. The molecule has 0 N–H and O–H groups in total. The summed E-state index contributed by atoms with van der Waals surface area (Å²) in [5.74, 6) is -4.20. The van der Waals surface area contributed by atoms with Gasteiger partial charge in [-0.2, -0.15) is 35.1 Å². The standard InChI is InChI=1S/C28H19Cl2F10NO4/c1-3-41(24(43)15-8-7-14(31)11-19(15)30)20-6-4-5-16(23(20)44-2)21(42)12-17-18(29)9-13(10-22(17)45-25(32)33)26(34,27(35,36)37)28(38,39)40/h4-11,25H,3,12H2,1-2H3. The van der Waals surface area contributed by atoms with Crippen LogP contribution < -0.4 is 14.4 Å². The number of carbonyl (C=O) groups excluding carboxylic acids is 2. The summed E-state index contributed by atoms with van der Waals surface area (Å²) in [6.07, 6.45) is -14.3. The van der Waals surface area contributed by atoms with Crippen LogP contribution in [0.2, 0.25) is 10.0 Å². The molecule has 17 heteroatoms. The number of methoxy groups -OCH3 is 1. The minimum atomic E-state index is -6.59. The van der Waals surface area contributed by atoms with Crippen LogP contribution in [0.3, 0.4) is 0 Å². The first-order chi connectivity index (χ1) is 20.8. The summed E-state index contributed by atoms with van der Waals surface area (Å²) in [5, 5.41) is -1.36. The van der Waals surface area contributed by atoms with E-state index in [4.69, 9.17) is 27.9 Å². The van der Waals surface area contributed by atoms with Gasteiger partial charge < -0.3 is 14.4 Å². The van der Waals surface area contributed by atoms with Crippen molar-refractivity contribution >= 4 is 40.6 Å². The van der Waals surface area contributed by atoms with E-state index in [1.54, 1.807) is 0 Å². The van der Waals surface area contributed by atoms with Crippen molar-refractivity contribution in [3.05, 3.63) is 86.6 Å². The second-order valence-corrected chi connectivity index (χ2v) is 9.91. The van der Waals surface area contributed by atoms with Gasteiger partial charge in [-0.3, -0.25) is 9.59 Å². The molecule has 0 spiro atoms. The van der Waals surface area contributed by atoms with E-state index < -0.39 is 70.5 Å². The summed E-state index contributed by atoms with van der Waals surface area (Å²) < 4.78 is 144. The van der Waals surface area contributed by atoms with Crippen molar-refractivity contribution in [2.45, 2.75) is 38.0 Å². The van der Waals surface area contributed by atoms with Gasteiger partial charge in [-0.05, 0) is 49.4 Å². The number of ketones is 1. The zero-order chi connectivity index (χ0) is 34.1. The number of rotatable bonds is 10. The van der Waals surface area contributed by atoms with E-state index in [0.717, 1.165) is 36.3 Å². The minimum absolute atomic E-state index is 0.0284. The lowest BCUT2D eigenvalue weighted by Crippen LogP contribution is -2.50. The van der Waals surface area contributed by atoms with Gasteiger partial charge >= 0.3 is 24.6 Å². The van der Waals surface area contributed by atoms with Gasteiger partial charge in [-0.15, -0.1) is 0 Å². The number of para-hydroxylation sites is 1. The van der Waals surface area contributed by atoms with Crippen LogP contribution in [0.4, 0.5) is 49.6 Å². The normalized spacial score (nSPS) is 12.3. The summed E-state index contributed by atoms with van der Waals surface area (Å²) in [7, 11) is 1.10. The van der Waals surface area contributed by atoms with E-state index in [1.807, 2.05) is 0 Å². The molecule has 0 radical (unpaired) electrons. The van der Waals surface area contributed by atoms with Gasteiger partial charge in [-0.25, -0.2) is 8.78 Å². The Morgan fingerprint density at radius 3 is 2.02 bits per heavy atom. The summed E-state index contributed by atoms with van der Waals surface area (Å²) in [6, 6.07) is 6.40. The van der Waals surface area contributed by atoms with Crippen molar-refractivity contribution in [3.8, 4) is 11.5 Å². The van der Waals surface area contributed by atoms with E-state index in [1.165, 1.54) is 19.1 Å². The van der Waals surface area contributed by atoms with Crippen molar-refractivity contribution in [2.75, 3.05) is 18.6 Å². The Bertz CT molecular complexity index is 1580. The smallest absolute Gasteiger partial charge is 0.435 e. The van der Waals surface area contributed by atoms with Gasteiger partial charge in [0.1, 0.15) is 11.6 Å². The van der Waals surface area contributed by atoms with E-state index in [2.05, 4.69) is 4.74 Å². The van der Waals surface area contributed by atoms with Crippen LogP contribution in [-0.4, -0.2) is 44.3 Å². The van der Waals surface area contributed by atoms with Crippen LogP contribution in [0.1, 0.15) is 38.8 Å². The van der Waals surface area contributed by atoms with Gasteiger partial charge in [0.15, 0.2) is 11.5 Å². The molecule has 0 atom stereocenters. The summed E-state index contributed by atoms with van der Waals surface area (Å²) in [4.78, 5) is 27.8. The number of carbonyl (C=O) groups is 2. The third kappa shape index (κ3) is 7.08. The molecule has 5 nitrogen and oxygen atoms in total. The Morgan fingerprint density at radius 2 is 1.51 bits per heavy atom. The summed E-state index contributed by atoms with van der Waals surface area (Å²) in [6.45, 7) is -2.36. The Hall–Kier alpha value is -3.72. The van der Waals surface area contributed by atoms with Gasteiger partial charge in [0, 0.05) is 29.1 Å². The first-order valence-corrected chi connectivity index (χ1v) is 13.1. The molecule has 0 heterocycles. The molecule has 3 rings (SSSR count). The quantitative estimate of drug-likeness (QED) is 0.157. The number of amides is 1. The van der Waals surface area contributed by atoms with Crippen molar-refractivity contribution in [1.29, 1.82) is 0 Å². The van der Waals surface area contributed by atoms with Crippen molar-refractivity contribution in [3.63, 3.8) is 0 Å². The molecule has 0 fully saturated rings. The van der Waals surface area contributed by atoms with Crippen molar-refractivity contribution in [2.24, 2.45) is 0 Å². The maximum Gasteiger partial charge on any atom is 0.435 e. The van der Waals surface area contributed by atoms with Crippen LogP contribution in [0.15, 0.2) is 48.5 Å². The number of anilines is 1. The minimum Gasteiger partial charge on any atom is -0.494 e. The molecule has 3 aromatic rings. The highest BCUT2D eigenvalue weighted by molar-refractivity contribution is 6.34. The maximum absolute atomic E-state index is 14.7. The highest BCUT2D eigenvalue weighted by atomic mass is 35.5. The van der Waals surface area contributed by atoms with Gasteiger partial charge in [0.25, 0.3) is 5.91 Å². The van der Waals surface area contributed by atoms with Crippen LogP contribution in [0, 0.1) is 5.82 Å². The Balaban J connectivity index is 2.12. The monoisotopic (exact) mass is 693 g/mol. The molecule has 1 amide bonds. The zero-order valence-corrected chi connectivity index (χ0v) is 24.2. The zero-order valence-electron chi connectivity index (χ0n) is 22.7. The second-order valence-electron chi connectivity index (χ2n) is 9.10. The molecule has 244 valence electrons. The predicted molar refractivity (Wildman–Crippen MR) is 143 cm³/mol. The fourth-order valence-corrected chi connectivity index (χ4v) is 4.86. The third-order valence-corrected chi connectivity index (χ3v) is 7.05. The van der Waals surface area contributed by atoms with Gasteiger partial charge in [0.2, 0.25) is 0 Å². The van der Waals surface area contributed by atoms with Gasteiger partial charge in [0.05, 0.1) is 28.9 Å². The lowest BCUT2D eigenvalue weighted by atomic mass is 9.91. The highest BCUT2D eigenvalue weighted by Crippen LogP contribution is 2.54. The molecule has 45 heavy (non-hydrogen) atoms. The van der Waals surface area contributed by atoms with Crippen LogP contribution in [-0.2, 0) is 12.1 Å². The molecule has 0 aromatic heterocycles. The predicted octanol–water partition coefficient (Wildman–Crippen LogP) is 9.12. The molecule has 0 bridgehead atoms. The fraction of sp³-hybridized carbons (Fsp3) is 0.286. The molecular formula is C28H19Cl2F10NO4. The number of benzene rings is 3. The average molecular weight is 694 g/mol. The number of Topliss-reactive ketones (excluding diaryl/α,β-unsaturated/α-hetero) is 1. The van der Waals surface area contributed by atoms with E-state index in [9.17, 15) is 53.5 Å². The number of hydrogen-bond acceptors (Lipinski definition) is 4. The third-order valence-electron chi connectivity index (χ3n) is 6.40. The van der Waals surface area contributed by atoms with E-state index in [0.29, 0.717) is 0 Å². The molecule has 0 saturated carbocycles. The maximum atomic E-state index is 14.7. The summed E-state index contributed by atoms with van der Waals surface area (Å²) in [5.41, 5.74) is -9.53. The fourth-order valence-electron chi connectivity index (χ4n) is 4.33. The number of halogens is 12. The van der Waals surface area contributed by atoms with Crippen LogP contribution in [0.25, 0.3) is 0 Å². The molecule has 3 aromatic carbocycles. The van der Waals surface area contributed by atoms with Crippen LogP contribution >= 0.6 is 23.2 Å². The Morgan fingerprint density at radius 1 is 0.889 bits per heavy atom. The largest absolute Gasteiger partial charge is 0.494 e. The highest BCUT2D eigenvalue weighted by Gasteiger charge is 2.73. The number of alkyl halides is 9. The second kappa shape index (κ2) is 13.3. The van der Waals surface area contributed by atoms with Crippen LogP contribution in [0.5, 0.6) is 11.5 Å². The van der Waals surface area contributed by atoms with E-state index >= 15 is 0 Å². The molecule has 0 unspecified atom stereocenters. The lowest BCUT2D eigenvalue weighted by molar-refractivity contribution is -0.348. The van der Waals surface area contributed by atoms with Crippen molar-refractivity contribution < 1.29 is 63.0 Å². The number of ether oxygens (including phenoxy) is 2. The molecule has 0 aliphatic carbocycles. The van der Waals surface area contributed by atoms with Crippen molar-refractivity contribution in [1.82, 2.24) is 0 Å². The molecule has 0 aliphatic rings. The topological polar surface area (TPSA) is 55.8 Å². The van der Waals surface area contributed by atoms with E-state index in [-0.39, 0.29) is 46.3 Å². The Kier molecular flexibility index (Phi) is 10.6. The Labute approximate surface area is 258 Å². The lowest BCUT2D eigenvalue weighted by Gasteiger charge is -2.31. The van der Waals surface area contributed by atoms with Gasteiger partial charge in [-0.1, -0.05) is 29.3 Å². The molecular weight excluding hydrogens is 675 g/mol. The number of nitrogens with zero attached hydrogens (tertiary/aromatic N) is 1. The first kappa shape index (κ1) is 35.8. The molecule has 0 aliphatic heterocycles. The molecule has 0 saturated heterocycles.